The fourth-order valence-electron chi connectivity index (χ4n) is 3.60. The van der Waals surface area contributed by atoms with E-state index < -0.39 is 0 Å². The van der Waals surface area contributed by atoms with Gasteiger partial charge in [0.1, 0.15) is 0 Å². The number of hydrogen-bond acceptors (Lipinski definition) is 9. The molecular formula is C21H17ClN6O2S2. The summed E-state index contributed by atoms with van der Waals surface area (Å²) >= 11 is 9.36. The van der Waals surface area contributed by atoms with E-state index in [0.29, 0.717) is 45.7 Å². The summed E-state index contributed by atoms with van der Waals surface area (Å²) in [5, 5.41) is 8.18. The largest absolute Gasteiger partial charge is 0.372 e. The summed E-state index contributed by atoms with van der Waals surface area (Å²) in [5.74, 6) is 0.871. The summed E-state index contributed by atoms with van der Waals surface area (Å²) in [4.78, 5) is 29.3. The van der Waals surface area contributed by atoms with Gasteiger partial charge in [-0.05, 0) is 28.0 Å². The molecule has 0 bridgehead atoms. The zero-order valence-corrected chi connectivity index (χ0v) is 19.1. The van der Waals surface area contributed by atoms with Gasteiger partial charge < -0.3 is 15.8 Å². The van der Waals surface area contributed by atoms with E-state index in [1.165, 1.54) is 23.1 Å². The van der Waals surface area contributed by atoms with Crippen molar-refractivity contribution in [1.29, 1.82) is 0 Å². The van der Waals surface area contributed by atoms with Gasteiger partial charge in [-0.2, -0.15) is 9.97 Å². The topological polar surface area (TPSA) is 116 Å². The third kappa shape index (κ3) is 4.26. The average Bonchev–Trinajstić information content (AvgIpc) is 3.26. The van der Waals surface area contributed by atoms with Gasteiger partial charge in [0.15, 0.2) is 16.1 Å². The molecule has 32 heavy (non-hydrogen) atoms. The number of hydrogen-bond donors (Lipinski definition) is 2. The van der Waals surface area contributed by atoms with Crippen LogP contribution in [0.25, 0.3) is 22.2 Å². The van der Waals surface area contributed by atoms with E-state index in [-0.39, 0.29) is 18.3 Å². The summed E-state index contributed by atoms with van der Waals surface area (Å²) in [6.07, 6.45) is 1.93. The van der Waals surface area contributed by atoms with Crippen LogP contribution in [0.2, 0.25) is 5.02 Å². The van der Waals surface area contributed by atoms with Gasteiger partial charge >= 0.3 is 0 Å². The summed E-state index contributed by atoms with van der Waals surface area (Å²) in [6.45, 7) is 1.06. The number of nitrogens with one attached hydrogen (secondary N) is 1. The number of thioether (sulfide) groups is 1. The molecule has 0 aliphatic carbocycles. The fraction of sp³-hybridized carbons (Fsp3) is 0.190. The number of ether oxygens (including phenoxy) is 1. The molecule has 8 nitrogen and oxygen atoms in total. The summed E-state index contributed by atoms with van der Waals surface area (Å²) < 4.78 is 5.66. The van der Waals surface area contributed by atoms with Crippen molar-refractivity contribution in [2.45, 2.75) is 24.8 Å². The van der Waals surface area contributed by atoms with Gasteiger partial charge in [-0.3, -0.25) is 4.79 Å². The number of anilines is 2. The van der Waals surface area contributed by atoms with E-state index in [1.807, 2.05) is 24.3 Å². The van der Waals surface area contributed by atoms with Crippen molar-refractivity contribution >= 4 is 62.5 Å². The molecule has 162 valence electrons. The molecule has 0 saturated heterocycles. The van der Waals surface area contributed by atoms with E-state index in [9.17, 15) is 4.79 Å². The molecule has 0 spiro atoms. The molecule has 0 radical (unpaired) electrons. The third-order valence-electron chi connectivity index (χ3n) is 4.89. The lowest BCUT2D eigenvalue weighted by atomic mass is 9.94. The van der Waals surface area contributed by atoms with E-state index >= 15 is 0 Å². The molecule has 5 rings (SSSR count). The molecule has 0 unspecified atom stereocenters. The highest BCUT2D eigenvalue weighted by Gasteiger charge is 2.21. The van der Waals surface area contributed by atoms with Gasteiger partial charge in [0.2, 0.25) is 11.9 Å². The lowest BCUT2D eigenvalue weighted by molar-refractivity contribution is -0.115. The molecule has 1 amide bonds. The van der Waals surface area contributed by atoms with E-state index in [2.05, 4.69) is 25.3 Å². The molecule has 1 aliphatic heterocycles. The summed E-state index contributed by atoms with van der Waals surface area (Å²) in [7, 11) is 0. The predicted molar refractivity (Wildman–Crippen MR) is 127 cm³/mol. The van der Waals surface area contributed by atoms with Crippen LogP contribution in [0.4, 0.5) is 11.1 Å². The number of nitrogen functional groups attached to an aromatic ring is 1. The van der Waals surface area contributed by atoms with E-state index in [1.54, 1.807) is 11.6 Å². The van der Waals surface area contributed by atoms with Crippen LogP contribution in [-0.2, 0) is 22.7 Å². The average molecular weight is 485 g/mol. The molecule has 3 N–H and O–H groups in total. The minimum absolute atomic E-state index is 0.101. The Morgan fingerprint density at radius 3 is 2.97 bits per heavy atom. The van der Waals surface area contributed by atoms with Crippen molar-refractivity contribution < 1.29 is 9.53 Å². The van der Waals surface area contributed by atoms with Gasteiger partial charge in [0.05, 0.1) is 18.2 Å². The molecule has 1 aliphatic rings. The van der Waals surface area contributed by atoms with Crippen LogP contribution in [0, 0.1) is 0 Å². The number of nitrogens with two attached hydrogens (primary N) is 1. The first-order valence-corrected chi connectivity index (χ1v) is 12.0. The summed E-state index contributed by atoms with van der Waals surface area (Å²) in [6, 6.07) is 7.92. The van der Waals surface area contributed by atoms with Crippen LogP contribution in [0.5, 0.6) is 0 Å². The van der Waals surface area contributed by atoms with Gasteiger partial charge in [0, 0.05) is 29.3 Å². The third-order valence-corrected chi connectivity index (χ3v) is 6.73. The number of benzene rings is 2. The number of nitrogens with zero attached hydrogens (tertiary/aromatic N) is 4. The summed E-state index contributed by atoms with van der Waals surface area (Å²) in [5.41, 5.74) is 8.84. The first kappa shape index (κ1) is 21.1. The lowest BCUT2D eigenvalue weighted by Gasteiger charge is -2.20. The number of thiazole rings is 1. The second kappa shape index (κ2) is 8.99. The standard InChI is InChI=1S/C21H17ClN6O2S2/c22-14-8-12-10-30-9-11-2-1-3-13(16(11)12)17(14)18-26-19(23)28-21(27-18)31-6-4-15(29)25-20-24-5-7-32-20/h1-3,5,7-8H,4,6,9-10H2,(H,24,25,29)(H2,23,26,27,28). The predicted octanol–water partition coefficient (Wildman–Crippen LogP) is 4.54. The molecule has 2 aromatic heterocycles. The Labute approximate surface area is 196 Å². The number of carbonyl (C=O) groups is 1. The Morgan fingerprint density at radius 1 is 1.25 bits per heavy atom. The Kier molecular flexibility index (Phi) is 5.92. The first-order chi connectivity index (χ1) is 15.6. The normalized spacial score (nSPS) is 12.8. The van der Waals surface area contributed by atoms with Gasteiger partial charge in [-0.15, -0.1) is 11.3 Å². The van der Waals surface area contributed by atoms with Crippen molar-refractivity contribution in [3.05, 3.63) is 52.0 Å². The van der Waals surface area contributed by atoms with E-state index in [0.717, 1.165) is 21.9 Å². The number of aromatic nitrogens is 4. The van der Waals surface area contributed by atoms with Gasteiger partial charge in [0.25, 0.3) is 0 Å². The number of amides is 1. The Morgan fingerprint density at radius 2 is 2.12 bits per heavy atom. The highest BCUT2D eigenvalue weighted by molar-refractivity contribution is 7.99. The quantitative estimate of drug-likeness (QED) is 0.383. The monoisotopic (exact) mass is 484 g/mol. The van der Waals surface area contributed by atoms with Crippen LogP contribution in [0.3, 0.4) is 0 Å². The second-order valence-electron chi connectivity index (χ2n) is 7.01. The molecule has 2 aromatic carbocycles. The van der Waals surface area contributed by atoms with Crippen LogP contribution in [0.15, 0.2) is 41.0 Å². The van der Waals surface area contributed by atoms with Crippen molar-refractivity contribution in [3.8, 4) is 11.4 Å². The second-order valence-corrected chi connectivity index (χ2v) is 9.37. The molecular weight excluding hydrogens is 468 g/mol. The Hall–Kier alpha value is -2.79. The minimum Gasteiger partial charge on any atom is -0.372 e. The molecule has 11 heteroatoms. The Balaban J connectivity index is 1.41. The number of halogens is 1. The van der Waals surface area contributed by atoms with Crippen molar-refractivity contribution in [2.24, 2.45) is 0 Å². The maximum Gasteiger partial charge on any atom is 0.226 e. The number of carbonyl (C=O) groups excluding carboxylic acids is 1. The van der Waals surface area contributed by atoms with E-state index in [4.69, 9.17) is 22.1 Å². The van der Waals surface area contributed by atoms with Crippen LogP contribution >= 0.6 is 34.7 Å². The zero-order valence-electron chi connectivity index (χ0n) is 16.7. The van der Waals surface area contributed by atoms with Gasteiger partial charge in [-0.25, -0.2) is 9.97 Å². The van der Waals surface area contributed by atoms with Crippen molar-refractivity contribution in [2.75, 3.05) is 16.8 Å². The maximum atomic E-state index is 12.1. The highest BCUT2D eigenvalue weighted by atomic mass is 35.5. The first-order valence-electron chi connectivity index (χ1n) is 9.73. The van der Waals surface area contributed by atoms with Crippen LogP contribution in [-0.4, -0.2) is 31.6 Å². The van der Waals surface area contributed by atoms with Crippen LogP contribution in [0.1, 0.15) is 17.5 Å². The molecule has 3 heterocycles. The minimum atomic E-state index is -0.122. The van der Waals surface area contributed by atoms with Crippen LogP contribution < -0.4 is 11.1 Å². The smallest absolute Gasteiger partial charge is 0.226 e. The van der Waals surface area contributed by atoms with Crippen molar-refractivity contribution in [3.63, 3.8) is 0 Å². The number of rotatable bonds is 6. The lowest BCUT2D eigenvalue weighted by Crippen LogP contribution is -2.12. The molecule has 0 atom stereocenters. The molecule has 0 fully saturated rings. The van der Waals surface area contributed by atoms with Crippen molar-refractivity contribution in [1.82, 2.24) is 19.9 Å². The zero-order chi connectivity index (χ0) is 22.1. The Bertz CT molecular complexity index is 1320. The fourth-order valence-corrected chi connectivity index (χ4v) is 5.24. The molecule has 4 aromatic rings. The van der Waals surface area contributed by atoms with Gasteiger partial charge in [-0.1, -0.05) is 41.6 Å². The highest BCUT2D eigenvalue weighted by Crippen LogP contribution is 2.39. The SMILES string of the molecule is Nc1nc(SCCC(=O)Nc2nccs2)nc(-c2c(Cl)cc3c4c(cccc24)COC3)n1. The molecule has 0 saturated carbocycles. The maximum absolute atomic E-state index is 12.1.